The summed E-state index contributed by atoms with van der Waals surface area (Å²) < 4.78 is 1.89. The predicted molar refractivity (Wildman–Crippen MR) is 121 cm³/mol. The van der Waals surface area contributed by atoms with E-state index in [9.17, 15) is 19.8 Å². The van der Waals surface area contributed by atoms with Gasteiger partial charge in [0.2, 0.25) is 11.3 Å². The molecule has 0 fully saturated rings. The highest BCUT2D eigenvalue weighted by molar-refractivity contribution is 5.76. The maximum absolute atomic E-state index is 13.0. The fourth-order valence-electron chi connectivity index (χ4n) is 4.57. The van der Waals surface area contributed by atoms with Crippen LogP contribution in [0.3, 0.4) is 0 Å². The van der Waals surface area contributed by atoms with Gasteiger partial charge in [-0.1, -0.05) is 25.5 Å². The van der Waals surface area contributed by atoms with Crippen LogP contribution in [0.2, 0.25) is 0 Å². The van der Waals surface area contributed by atoms with Crippen molar-refractivity contribution in [3.63, 3.8) is 0 Å². The van der Waals surface area contributed by atoms with Crippen LogP contribution in [0.5, 0.6) is 11.5 Å². The number of benzene rings is 1. The lowest BCUT2D eigenvalue weighted by molar-refractivity contribution is -0.134. The molecule has 1 atom stereocenters. The number of nitrogens with zero attached hydrogens (tertiary/aromatic N) is 2. The molecular formula is C25H34N2O4. The van der Waals surface area contributed by atoms with E-state index in [1.54, 1.807) is 19.2 Å². The lowest BCUT2D eigenvalue weighted by Crippen LogP contribution is -2.43. The molecule has 1 heterocycles. The third-order valence-electron chi connectivity index (χ3n) is 6.36. The van der Waals surface area contributed by atoms with E-state index < -0.39 is 0 Å². The van der Waals surface area contributed by atoms with Crippen molar-refractivity contribution in [2.75, 3.05) is 6.54 Å². The molecule has 3 rings (SSSR count). The molecule has 168 valence electrons. The van der Waals surface area contributed by atoms with Crippen LogP contribution in [0.1, 0.15) is 62.3 Å². The second-order valence-corrected chi connectivity index (χ2v) is 8.52. The van der Waals surface area contributed by atoms with E-state index in [0.29, 0.717) is 17.9 Å². The van der Waals surface area contributed by atoms with Crippen LogP contribution in [0.25, 0.3) is 0 Å². The first-order valence-corrected chi connectivity index (χ1v) is 11.4. The zero-order valence-electron chi connectivity index (χ0n) is 18.6. The smallest absolute Gasteiger partial charge is 0.223 e. The third-order valence-corrected chi connectivity index (χ3v) is 6.36. The van der Waals surface area contributed by atoms with Crippen molar-refractivity contribution in [1.82, 2.24) is 9.47 Å². The van der Waals surface area contributed by atoms with E-state index in [2.05, 4.69) is 17.9 Å². The van der Waals surface area contributed by atoms with E-state index in [1.807, 2.05) is 10.6 Å². The summed E-state index contributed by atoms with van der Waals surface area (Å²) in [5.74, 6) is 0.401. The van der Waals surface area contributed by atoms with Gasteiger partial charge in [0.05, 0.1) is 5.69 Å². The maximum atomic E-state index is 13.0. The molecule has 6 nitrogen and oxygen atoms in total. The second-order valence-electron chi connectivity index (χ2n) is 8.52. The summed E-state index contributed by atoms with van der Waals surface area (Å²) in [6.45, 7) is 5.33. The second kappa shape index (κ2) is 10.5. The van der Waals surface area contributed by atoms with Gasteiger partial charge in [0.15, 0.2) is 5.75 Å². The van der Waals surface area contributed by atoms with Gasteiger partial charge in [0.1, 0.15) is 5.75 Å². The average Bonchev–Trinajstić information content (AvgIpc) is 2.77. The monoisotopic (exact) mass is 426 g/mol. The number of unbranched alkanes of at least 4 members (excludes halogenated alkanes) is 2. The fraction of sp³-hybridized carbons (Fsp3) is 0.520. The quantitative estimate of drug-likeness (QED) is 0.595. The molecule has 1 aromatic heterocycles. The molecule has 1 amide bonds. The summed E-state index contributed by atoms with van der Waals surface area (Å²) in [7, 11) is 0. The number of aryl methyl sites for hydroxylation is 1. The number of aromatic nitrogens is 1. The van der Waals surface area contributed by atoms with Gasteiger partial charge in [-0.15, -0.1) is 0 Å². The fourth-order valence-corrected chi connectivity index (χ4v) is 4.57. The number of carbonyl (C=O) groups is 1. The number of hydrogen-bond acceptors (Lipinski definition) is 4. The van der Waals surface area contributed by atoms with E-state index in [1.165, 1.54) is 6.07 Å². The first-order chi connectivity index (χ1) is 14.9. The third kappa shape index (κ3) is 5.49. The Bertz CT molecular complexity index is 966. The molecule has 0 bridgehead atoms. The minimum Gasteiger partial charge on any atom is -0.508 e. The Morgan fingerprint density at radius 2 is 2.00 bits per heavy atom. The number of aromatic hydroxyl groups is 2. The van der Waals surface area contributed by atoms with Crippen molar-refractivity contribution < 1.29 is 15.0 Å². The molecule has 31 heavy (non-hydrogen) atoms. The van der Waals surface area contributed by atoms with Gasteiger partial charge in [-0.05, 0) is 62.6 Å². The van der Waals surface area contributed by atoms with Crippen molar-refractivity contribution in [3.05, 3.63) is 57.5 Å². The molecule has 0 saturated carbocycles. The van der Waals surface area contributed by atoms with Crippen LogP contribution in [0.15, 0.2) is 35.3 Å². The highest BCUT2D eigenvalue weighted by Gasteiger charge is 2.28. The lowest BCUT2D eigenvalue weighted by atomic mass is 9.86. The number of pyridine rings is 1. The summed E-state index contributed by atoms with van der Waals surface area (Å²) in [6, 6.07) is 7.27. The van der Waals surface area contributed by atoms with Gasteiger partial charge in [-0.3, -0.25) is 9.59 Å². The summed E-state index contributed by atoms with van der Waals surface area (Å²) in [6.07, 6.45) is 8.34. The number of phenols is 1. The highest BCUT2D eigenvalue weighted by atomic mass is 16.3. The molecule has 0 radical (unpaired) electrons. The van der Waals surface area contributed by atoms with Gasteiger partial charge in [0.25, 0.3) is 0 Å². The first kappa shape index (κ1) is 22.9. The molecular weight excluding hydrogens is 392 g/mol. The zero-order valence-corrected chi connectivity index (χ0v) is 18.6. The van der Waals surface area contributed by atoms with Gasteiger partial charge in [-0.2, -0.15) is 0 Å². The molecule has 6 heteroatoms. The number of hydrogen-bond donors (Lipinski definition) is 2. The Labute approximate surface area is 184 Å². The van der Waals surface area contributed by atoms with Crippen molar-refractivity contribution in [1.29, 1.82) is 0 Å². The molecule has 2 aromatic rings. The first-order valence-electron chi connectivity index (χ1n) is 11.4. The van der Waals surface area contributed by atoms with Gasteiger partial charge >= 0.3 is 0 Å². The summed E-state index contributed by atoms with van der Waals surface area (Å²) >= 11 is 0. The van der Waals surface area contributed by atoms with Crippen LogP contribution in [-0.2, 0) is 24.2 Å². The lowest BCUT2D eigenvalue weighted by Gasteiger charge is -2.35. The van der Waals surface area contributed by atoms with Gasteiger partial charge in [-0.25, -0.2) is 0 Å². The van der Waals surface area contributed by atoms with E-state index >= 15 is 0 Å². The normalized spacial score (nSPS) is 15.5. The largest absolute Gasteiger partial charge is 0.508 e. The Morgan fingerprint density at radius 1 is 1.19 bits per heavy atom. The Balaban J connectivity index is 1.50. The number of amides is 1. The van der Waals surface area contributed by atoms with E-state index in [4.69, 9.17) is 0 Å². The average molecular weight is 427 g/mol. The van der Waals surface area contributed by atoms with Crippen LogP contribution in [0.4, 0.5) is 0 Å². The molecule has 2 N–H and O–H groups in total. The predicted octanol–water partition coefficient (Wildman–Crippen LogP) is 3.92. The van der Waals surface area contributed by atoms with Crippen molar-refractivity contribution >= 4 is 5.91 Å². The number of rotatable bonds is 9. The van der Waals surface area contributed by atoms with Gasteiger partial charge in [0, 0.05) is 37.8 Å². The molecule has 1 aliphatic carbocycles. The minimum atomic E-state index is -0.351. The highest BCUT2D eigenvalue weighted by Crippen LogP contribution is 2.31. The summed E-state index contributed by atoms with van der Waals surface area (Å²) in [4.78, 5) is 26.5. The Hall–Kier alpha value is -2.76. The van der Waals surface area contributed by atoms with Crippen LogP contribution >= 0.6 is 0 Å². The number of phenolic OH excluding ortho intramolecular Hbond substituents is 1. The maximum Gasteiger partial charge on any atom is 0.223 e. The van der Waals surface area contributed by atoms with E-state index in [0.717, 1.165) is 69.2 Å². The molecule has 1 aliphatic rings. The van der Waals surface area contributed by atoms with Crippen LogP contribution < -0.4 is 5.43 Å². The molecule has 0 unspecified atom stereocenters. The van der Waals surface area contributed by atoms with Gasteiger partial charge < -0.3 is 19.7 Å². The molecule has 0 saturated heterocycles. The summed E-state index contributed by atoms with van der Waals surface area (Å²) in [5, 5.41) is 19.9. The topological polar surface area (TPSA) is 82.8 Å². The molecule has 0 spiro atoms. The van der Waals surface area contributed by atoms with Crippen molar-refractivity contribution in [3.8, 4) is 11.5 Å². The summed E-state index contributed by atoms with van der Waals surface area (Å²) in [5.41, 5.74) is 2.42. The molecule has 1 aromatic carbocycles. The molecule has 0 aliphatic heterocycles. The van der Waals surface area contributed by atoms with Crippen molar-refractivity contribution in [2.45, 2.75) is 77.8 Å². The van der Waals surface area contributed by atoms with E-state index in [-0.39, 0.29) is 23.1 Å². The number of carbonyl (C=O) groups excluding carboxylic acids is 1. The Morgan fingerprint density at radius 3 is 2.77 bits per heavy atom. The zero-order chi connectivity index (χ0) is 22.4. The Kier molecular flexibility index (Phi) is 7.77. The minimum absolute atomic E-state index is 0.185. The standard InChI is InChI=1S/C25H34N2O4/c1-3-14-27(20-11-12-21-19(17-20)8-7-9-22(21)28)24(30)10-5-4-6-15-26-16-13-23(29)25(31)18(26)2/h7-9,13,16,20,28,31H,3-6,10-12,14-15,17H2,1-2H3/t20-/m0/s1. The van der Waals surface area contributed by atoms with Crippen molar-refractivity contribution in [2.24, 2.45) is 0 Å². The van der Waals surface area contributed by atoms with Crippen LogP contribution in [-0.4, -0.2) is 38.2 Å². The number of fused-ring (bicyclic) bond motifs is 1. The SMILES string of the molecule is CCCN(C(=O)CCCCCn1ccc(=O)c(O)c1C)[C@H]1CCc2c(O)cccc2C1. The van der Waals surface area contributed by atoms with Crippen LogP contribution in [0, 0.1) is 6.92 Å².